The quantitative estimate of drug-likeness (QED) is 0.602. The second-order valence-electron chi connectivity index (χ2n) is 4.83. The summed E-state index contributed by atoms with van der Waals surface area (Å²) in [5.41, 5.74) is 0. The molecule has 2 rings (SSSR count). The molecule has 0 radical (unpaired) electrons. The molecule has 0 N–H and O–H groups in total. The number of aromatic nitrogens is 5. The lowest BCUT2D eigenvalue weighted by molar-refractivity contribution is 0.373. The van der Waals surface area contributed by atoms with Gasteiger partial charge in [-0.25, -0.2) is 0 Å². The average Bonchev–Trinajstić information content (AvgIpc) is 3.00. The van der Waals surface area contributed by atoms with E-state index < -0.39 is 0 Å². The molecule has 1 unspecified atom stereocenters. The zero-order valence-electron chi connectivity index (χ0n) is 12.2. The summed E-state index contributed by atoms with van der Waals surface area (Å²) in [6.45, 7) is 12.5. The lowest BCUT2D eigenvalue weighted by atomic mass is 10.2. The maximum atomic E-state index is 5.31. The molecule has 0 fully saturated rings. The smallest absolute Gasteiger partial charge is 0.239 e. The van der Waals surface area contributed by atoms with Gasteiger partial charge in [0, 0.05) is 12.5 Å². The van der Waals surface area contributed by atoms with E-state index in [0.29, 0.717) is 12.4 Å². The first-order valence-corrected chi connectivity index (χ1v) is 7.41. The number of allylic oxidation sites excluding steroid dienone is 1. The molecule has 1 atom stereocenters. The van der Waals surface area contributed by atoms with E-state index in [1.807, 2.05) is 38.3 Å². The van der Waals surface area contributed by atoms with Gasteiger partial charge in [0.2, 0.25) is 5.89 Å². The predicted molar refractivity (Wildman–Crippen MR) is 77.6 cm³/mol. The van der Waals surface area contributed by atoms with E-state index in [-0.39, 0.29) is 11.2 Å². The van der Waals surface area contributed by atoms with Gasteiger partial charge in [-0.05, 0) is 13.8 Å². The van der Waals surface area contributed by atoms with Crippen molar-refractivity contribution in [2.24, 2.45) is 0 Å². The van der Waals surface area contributed by atoms with E-state index in [2.05, 4.69) is 26.9 Å². The largest absolute Gasteiger partial charge is 0.338 e. The van der Waals surface area contributed by atoms with Crippen LogP contribution in [0, 0.1) is 6.92 Å². The maximum absolute atomic E-state index is 5.31. The first-order valence-electron chi connectivity index (χ1n) is 6.53. The van der Waals surface area contributed by atoms with Crippen LogP contribution in [-0.4, -0.2) is 24.9 Å². The van der Waals surface area contributed by atoms with Gasteiger partial charge in [0.05, 0.1) is 5.25 Å². The van der Waals surface area contributed by atoms with Gasteiger partial charge in [-0.3, -0.25) is 0 Å². The summed E-state index contributed by atoms with van der Waals surface area (Å²) in [6.07, 6.45) is 1.83. The third-order valence-electron chi connectivity index (χ3n) is 2.82. The minimum absolute atomic E-state index is 0.0298. The number of rotatable bonds is 6. The Morgan fingerprint density at radius 1 is 1.35 bits per heavy atom. The molecule has 0 saturated heterocycles. The number of hydrogen-bond acceptors (Lipinski definition) is 6. The molecule has 0 saturated carbocycles. The summed E-state index contributed by atoms with van der Waals surface area (Å²) in [5, 5.41) is 13.1. The zero-order valence-corrected chi connectivity index (χ0v) is 13.0. The van der Waals surface area contributed by atoms with Crippen molar-refractivity contribution in [3.63, 3.8) is 0 Å². The highest BCUT2D eigenvalue weighted by Gasteiger charge is 2.20. The number of nitrogens with zero attached hydrogens (tertiary/aromatic N) is 5. The minimum atomic E-state index is 0.0298. The van der Waals surface area contributed by atoms with Crippen molar-refractivity contribution in [3.05, 3.63) is 30.2 Å². The fraction of sp³-hybridized carbons (Fsp3) is 0.538. The highest BCUT2D eigenvalue weighted by atomic mass is 32.2. The third-order valence-corrected chi connectivity index (χ3v) is 3.89. The normalized spacial score (nSPS) is 12.8. The Balaban J connectivity index is 2.14. The SMILES string of the molecule is C=CCn1c(C)nnc1SC(C)c1nc(C(C)C)no1. The highest BCUT2D eigenvalue weighted by Crippen LogP contribution is 2.33. The zero-order chi connectivity index (χ0) is 14.7. The lowest BCUT2D eigenvalue weighted by Gasteiger charge is -2.07. The number of aryl methyl sites for hydroxylation is 1. The molecule has 6 nitrogen and oxygen atoms in total. The summed E-state index contributed by atoms with van der Waals surface area (Å²) in [4.78, 5) is 4.41. The van der Waals surface area contributed by atoms with Crippen molar-refractivity contribution in [1.82, 2.24) is 24.9 Å². The lowest BCUT2D eigenvalue weighted by Crippen LogP contribution is -2.01. The van der Waals surface area contributed by atoms with E-state index in [4.69, 9.17) is 4.52 Å². The number of thioether (sulfide) groups is 1. The molecule has 0 aliphatic carbocycles. The van der Waals surface area contributed by atoms with Gasteiger partial charge in [-0.1, -0.05) is 36.8 Å². The van der Waals surface area contributed by atoms with Crippen LogP contribution >= 0.6 is 11.8 Å². The second kappa shape index (κ2) is 6.21. The van der Waals surface area contributed by atoms with Gasteiger partial charge < -0.3 is 9.09 Å². The van der Waals surface area contributed by atoms with Crippen molar-refractivity contribution in [2.45, 2.75) is 50.6 Å². The van der Waals surface area contributed by atoms with Crippen LogP contribution in [-0.2, 0) is 6.54 Å². The first-order chi connectivity index (χ1) is 9.52. The molecular formula is C13H19N5OS. The Bertz CT molecular complexity index is 589. The fourth-order valence-electron chi connectivity index (χ4n) is 1.64. The summed E-state index contributed by atoms with van der Waals surface area (Å²) < 4.78 is 7.31. The van der Waals surface area contributed by atoms with Gasteiger partial charge in [0.25, 0.3) is 0 Å². The molecule has 108 valence electrons. The fourth-order valence-corrected chi connectivity index (χ4v) is 2.58. The minimum Gasteiger partial charge on any atom is -0.338 e. The predicted octanol–water partition coefficient (Wildman–Crippen LogP) is 3.13. The van der Waals surface area contributed by atoms with Crippen LogP contribution in [0.3, 0.4) is 0 Å². The van der Waals surface area contributed by atoms with E-state index in [0.717, 1.165) is 16.8 Å². The van der Waals surface area contributed by atoms with Crippen LogP contribution in [0.5, 0.6) is 0 Å². The Morgan fingerprint density at radius 3 is 2.70 bits per heavy atom. The molecular weight excluding hydrogens is 274 g/mol. The van der Waals surface area contributed by atoms with E-state index >= 15 is 0 Å². The number of hydrogen-bond donors (Lipinski definition) is 0. The molecule has 0 aliphatic heterocycles. The Labute approximate surface area is 122 Å². The second-order valence-corrected chi connectivity index (χ2v) is 6.14. The van der Waals surface area contributed by atoms with Crippen molar-refractivity contribution in [3.8, 4) is 0 Å². The van der Waals surface area contributed by atoms with E-state index in [9.17, 15) is 0 Å². The van der Waals surface area contributed by atoms with Crippen molar-refractivity contribution >= 4 is 11.8 Å². The van der Waals surface area contributed by atoms with Gasteiger partial charge in [0.15, 0.2) is 11.0 Å². The van der Waals surface area contributed by atoms with Gasteiger partial charge >= 0.3 is 0 Å². The Morgan fingerprint density at radius 2 is 2.10 bits per heavy atom. The topological polar surface area (TPSA) is 69.6 Å². The van der Waals surface area contributed by atoms with Crippen LogP contribution in [0.2, 0.25) is 0 Å². The van der Waals surface area contributed by atoms with Crippen molar-refractivity contribution < 1.29 is 4.52 Å². The van der Waals surface area contributed by atoms with Gasteiger partial charge in [-0.2, -0.15) is 4.98 Å². The molecule has 0 bridgehead atoms. The molecule has 0 aliphatic rings. The van der Waals surface area contributed by atoms with Gasteiger partial charge in [0.1, 0.15) is 5.82 Å². The highest BCUT2D eigenvalue weighted by molar-refractivity contribution is 7.99. The van der Waals surface area contributed by atoms with Crippen LogP contribution in [0.4, 0.5) is 0 Å². The van der Waals surface area contributed by atoms with Crippen LogP contribution < -0.4 is 0 Å². The molecule has 20 heavy (non-hydrogen) atoms. The molecule has 2 aromatic rings. The molecule has 0 amide bonds. The summed E-state index contributed by atoms with van der Waals surface area (Å²) in [5.74, 6) is 2.48. The molecule has 7 heteroatoms. The third kappa shape index (κ3) is 3.09. The molecule has 0 aromatic carbocycles. The van der Waals surface area contributed by atoms with Crippen LogP contribution in [0.25, 0.3) is 0 Å². The van der Waals surface area contributed by atoms with Crippen LogP contribution in [0.15, 0.2) is 22.3 Å². The Kier molecular flexibility index (Phi) is 4.59. The van der Waals surface area contributed by atoms with Crippen molar-refractivity contribution in [2.75, 3.05) is 0 Å². The van der Waals surface area contributed by atoms with Crippen molar-refractivity contribution in [1.29, 1.82) is 0 Å². The van der Waals surface area contributed by atoms with E-state index in [1.54, 1.807) is 11.8 Å². The molecule has 2 aromatic heterocycles. The maximum Gasteiger partial charge on any atom is 0.239 e. The molecule has 0 spiro atoms. The van der Waals surface area contributed by atoms with Crippen LogP contribution in [0.1, 0.15) is 49.5 Å². The van der Waals surface area contributed by atoms with E-state index in [1.165, 1.54) is 0 Å². The summed E-state index contributed by atoms with van der Waals surface area (Å²) in [6, 6.07) is 0. The average molecular weight is 293 g/mol. The molecule has 2 heterocycles. The van der Waals surface area contributed by atoms with Gasteiger partial charge in [-0.15, -0.1) is 16.8 Å². The first kappa shape index (κ1) is 14.8. The summed E-state index contributed by atoms with van der Waals surface area (Å²) >= 11 is 1.55. The summed E-state index contributed by atoms with van der Waals surface area (Å²) in [7, 11) is 0. The Hall–Kier alpha value is -1.63. The standard InChI is InChI=1S/C13H19N5OS/c1-6-7-18-10(5)15-16-13(18)20-9(4)12-14-11(8(2)3)17-19-12/h6,8-9H,1,7H2,2-5H3. The monoisotopic (exact) mass is 293 g/mol.